The molecule has 0 radical (unpaired) electrons. The predicted molar refractivity (Wildman–Crippen MR) is 71.3 cm³/mol. The minimum absolute atomic E-state index is 0.404. The number of rotatable bonds is 3. The maximum Gasteiger partial charge on any atom is 0.107 e. The van der Waals surface area contributed by atoms with Crippen molar-refractivity contribution in [3.8, 4) is 0 Å². The minimum atomic E-state index is 0.404. The third-order valence-corrected chi connectivity index (χ3v) is 4.06. The normalized spacial score (nSPS) is 20.4. The van der Waals surface area contributed by atoms with Crippen molar-refractivity contribution in [2.24, 2.45) is 0 Å². The molecule has 0 amide bonds. The van der Waals surface area contributed by atoms with E-state index in [2.05, 4.69) is 19.9 Å². The van der Waals surface area contributed by atoms with Crippen LogP contribution in [0.4, 0.5) is 0 Å². The van der Waals surface area contributed by atoms with E-state index in [9.17, 15) is 0 Å². The van der Waals surface area contributed by atoms with Gasteiger partial charge in [-0.1, -0.05) is 0 Å². The molecule has 1 aliphatic rings. The van der Waals surface area contributed by atoms with Crippen molar-refractivity contribution in [2.75, 3.05) is 6.54 Å². The van der Waals surface area contributed by atoms with Crippen molar-refractivity contribution in [2.45, 2.75) is 32.4 Å². The number of aryl methyl sites for hydroxylation is 1. The molecule has 3 heterocycles. The molecule has 5 heteroatoms. The molecule has 1 fully saturated rings. The average Bonchev–Trinajstić information content (AvgIpc) is 3.01. The Kier molecular flexibility index (Phi) is 3.34. The molecule has 0 spiro atoms. The van der Waals surface area contributed by atoms with Crippen molar-refractivity contribution in [1.82, 2.24) is 19.9 Å². The molecule has 0 aliphatic carbocycles. The van der Waals surface area contributed by atoms with E-state index in [4.69, 9.17) is 0 Å². The van der Waals surface area contributed by atoms with E-state index in [-0.39, 0.29) is 0 Å². The summed E-state index contributed by atoms with van der Waals surface area (Å²) in [6.07, 6.45) is 7.98. The zero-order chi connectivity index (χ0) is 12.4. The van der Waals surface area contributed by atoms with Crippen LogP contribution in [-0.4, -0.2) is 26.4 Å². The van der Waals surface area contributed by atoms with Crippen LogP contribution in [-0.2, 0) is 6.54 Å². The van der Waals surface area contributed by atoms with Gasteiger partial charge in [0, 0.05) is 24.0 Å². The quantitative estimate of drug-likeness (QED) is 0.850. The van der Waals surface area contributed by atoms with E-state index in [1.54, 1.807) is 11.3 Å². The van der Waals surface area contributed by atoms with Gasteiger partial charge >= 0.3 is 0 Å². The molecule has 2 aromatic heterocycles. The van der Waals surface area contributed by atoms with Crippen LogP contribution in [0.1, 0.15) is 35.3 Å². The summed E-state index contributed by atoms with van der Waals surface area (Å²) in [4.78, 5) is 15.7. The second-order valence-electron chi connectivity index (χ2n) is 4.64. The monoisotopic (exact) mass is 260 g/mol. The Balaban J connectivity index is 1.79. The summed E-state index contributed by atoms with van der Waals surface area (Å²) in [5.41, 5.74) is 2.10. The van der Waals surface area contributed by atoms with Crippen LogP contribution >= 0.6 is 11.3 Å². The molecule has 4 nitrogen and oxygen atoms in total. The molecular formula is C13H16N4S. The van der Waals surface area contributed by atoms with E-state index in [0.717, 1.165) is 24.5 Å². The van der Waals surface area contributed by atoms with Gasteiger partial charge in [-0.25, -0.2) is 4.98 Å². The van der Waals surface area contributed by atoms with E-state index >= 15 is 0 Å². The first-order valence-electron chi connectivity index (χ1n) is 6.24. The van der Waals surface area contributed by atoms with Gasteiger partial charge in [0.25, 0.3) is 0 Å². The van der Waals surface area contributed by atoms with Crippen LogP contribution < -0.4 is 0 Å². The van der Waals surface area contributed by atoms with Crippen molar-refractivity contribution < 1.29 is 0 Å². The Morgan fingerprint density at radius 3 is 3.17 bits per heavy atom. The Bertz CT molecular complexity index is 511. The Morgan fingerprint density at radius 1 is 1.44 bits per heavy atom. The van der Waals surface area contributed by atoms with Crippen LogP contribution in [0.2, 0.25) is 0 Å². The van der Waals surface area contributed by atoms with Gasteiger partial charge in [0.2, 0.25) is 0 Å². The number of hydrogen-bond acceptors (Lipinski definition) is 5. The highest BCUT2D eigenvalue weighted by Crippen LogP contribution is 2.32. The first-order chi connectivity index (χ1) is 8.83. The van der Waals surface area contributed by atoms with Gasteiger partial charge in [-0.15, -0.1) is 11.3 Å². The van der Waals surface area contributed by atoms with Crippen molar-refractivity contribution in [3.63, 3.8) is 0 Å². The van der Waals surface area contributed by atoms with Gasteiger partial charge in [-0.05, 0) is 26.3 Å². The minimum Gasteiger partial charge on any atom is -0.288 e. The number of thiazole rings is 1. The fraction of sp³-hybridized carbons (Fsp3) is 0.462. The van der Waals surface area contributed by atoms with Crippen LogP contribution in [0.5, 0.6) is 0 Å². The van der Waals surface area contributed by atoms with Crippen LogP contribution in [0.3, 0.4) is 0 Å². The molecule has 2 aromatic rings. The summed E-state index contributed by atoms with van der Waals surface area (Å²) in [7, 11) is 0. The molecule has 94 valence electrons. The summed E-state index contributed by atoms with van der Waals surface area (Å²) in [5, 5.41) is 3.22. The molecule has 1 atom stereocenters. The molecule has 0 N–H and O–H groups in total. The van der Waals surface area contributed by atoms with Crippen molar-refractivity contribution in [3.05, 3.63) is 40.4 Å². The standard InChI is InChI=1S/C13H16N4S/c1-10-7-14-8-11(16-10)12-3-2-5-17(12)9-13-15-4-6-18-13/h4,6-8,12H,2-3,5,9H2,1H3. The highest BCUT2D eigenvalue weighted by Gasteiger charge is 2.27. The Hall–Kier alpha value is -1.33. The number of aromatic nitrogens is 3. The van der Waals surface area contributed by atoms with Crippen molar-refractivity contribution in [1.29, 1.82) is 0 Å². The van der Waals surface area contributed by atoms with E-state index in [0.29, 0.717) is 6.04 Å². The fourth-order valence-electron chi connectivity index (χ4n) is 2.50. The summed E-state index contributed by atoms with van der Waals surface area (Å²) < 4.78 is 0. The molecule has 0 aromatic carbocycles. The lowest BCUT2D eigenvalue weighted by molar-refractivity contribution is 0.243. The lowest BCUT2D eigenvalue weighted by Crippen LogP contribution is -2.23. The summed E-state index contributed by atoms with van der Waals surface area (Å²) in [5.74, 6) is 0. The third kappa shape index (κ3) is 2.42. The molecule has 1 aliphatic heterocycles. The zero-order valence-electron chi connectivity index (χ0n) is 10.4. The Morgan fingerprint density at radius 2 is 2.39 bits per heavy atom. The summed E-state index contributed by atoms with van der Waals surface area (Å²) in [6, 6.07) is 0.404. The van der Waals surface area contributed by atoms with Crippen LogP contribution in [0.25, 0.3) is 0 Å². The van der Waals surface area contributed by atoms with Gasteiger partial charge in [-0.2, -0.15) is 0 Å². The first-order valence-corrected chi connectivity index (χ1v) is 7.12. The first kappa shape index (κ1) is 11.7. The fourth-order valence-corrected chi connectivity index (χ4v) is 3.14. The molecule has 0 bridgehead atoms. The molecule has 1 unspecified atom stereocenters. The van der Waals surface area contributed by atoms with Gasteiger partial charge in [0.05, 0.1) is 24.0 Å². The summed E-state index contributed by atoms with van der Waals surface area (Å²) >= 11 is 1.72. The van der Waals surface area contributed by atoms with Gasteiger partial charge < -0.3 is 0 Å². The average molecular weight is 260 g/mol. The maximum atomic E-state index is 4.61. The largest absolute Gasteiger partial charge is 0.288 e. The van der Waals surface area contributed by atoms with Crippen LogP contribution in [0.15, 0.2) is 24.0 Å². The van der Waals surface area contributed by atoms with Gasteiger partial charge in [-0.3, -0.25) is 14.9 Å². The lowest BCUT2D eigenvalue weighted by atomic mass is 10.1. The molecule has 0 saturated carbocycles. The van der Waals surface area contributed by atoms with Gasteiger partial charge in [0.15, 0.2) is 0 Å². The second kappa shape index (κ2) is 5.12. The number of likely N-dealkylation sites (tertiary alicyclic amines) is 1. The predicted octanol–water partition coefficient (Wildman–Crippen LogP) is 2.58. The zero-order valence-corrected chi connectivity index (χ0v) is 11.2. The van der Waals surface area contributed by atoms with Crippen molar-refractivity contribution >= 4 is 11.3 Å². The molecule has 3 rings (SSSR count). The second-order valence-corrected chi connectivity index (χ2v) is 5.62. The highest BCUT2D eigenvalue weighted by molar-refractivity contribution is 7.09. The SMILES string of the molecule is Cc1cncc(C2CCCN2Cc2nccs2)n1. The third-order valence-electron chi connectivity index (χ3n) is 3.30. The molecular weight excluding hydrogens is 244 g/mol. The molecule has 1 saturated heterocycles. The Labute approximate surface area is 111 Å². The van der Waals surface area contributed by atoms with E-state index in [1.165, 1.54) is 17.8 Å². The van der Waals surface area contributed by atoms with Crippen LogP contribution in [0, 0.1) is 6.92 Å². The maximum absolute atomic E-state index is 4.61. The van der Waals surface area contributed by atoms with Gasteiger partial charge in [0.1, 0.15) is 5.01 Å². The number of nitrogens with zero attached hydrogens (tertiary/aromatic N) is 4. The summed E-state index contributed by atoms with van der Waals surface area (Å²) in [6.45, 7) is 4.05. The van der Waals surface area contributed by atoms with E-state index < -0.39 is 0 Å². The topological polar surface area (TPSA) is 41.9 Å². The lowest BCUT2D eigenvalue weighted by Gasteiger charge is -2.22. The smallest absolute Gasteiger partial charge is 0.107 e. The van der Waals surface area contributed by atoms with E-state index in [1.807, 2.05) is 30.9 Å². The highest BCUT2D eigenvalue weighted by atomic mass is 32.1. The number of hydrogen-bond donors (Lipinski definition) is 0. The molecule has 18 heavy (non-hydrogen) atoms.